The molecule has 4 rings (SSSR count). The monoisotopic (exact) mass is 404 g/mol. The summed E-state index contributed by atoms with van der Waals surface area (Å²) in [5.41, 5.74) is 2.39. The summed E-state index contributed by atoms with van der Waals surface area (Å²) in [7, 11) is -2.70. The van der Waals surface area contributed by atoms with Crippen molar-refractivity contribution in [3.8, 4) is 5.75 Å². The van der Waals surface area contributed by atoms with Gasteiger partial charge in [-0.05, 0) is 60.7 Å². The fourth-order valence-corrected chi connectivity index (χ4v) is 4.70. The number of methoxy groups -OCH3 is 1. The van der Waals surface area contributed by atoms with Crippen molar-refractivity contribution in [2.24, 2.45) is 5.92 Å². The van der Waals surface area contributed by atoms with E-state index in [1.165, 1.54) is 13.2 Å². The van der Waals surface area contributed by atoms with E-state index in [-0.39, 0.29) is 22.5 Å². The summed E-state index contributed by atoms with van der Waals surface area (Å²) >= 11 is 0. The van der Waals surface area contributed by atoms with Crippen LogP contribution in [0, 0.1) is 11.7 Å². The Morgan fingerprint density at radius 3 is 2.68 bits per heavy atom. The minimum absolute atomic E-state index is 0.0630. The van der Waals surface area contributed by atoms with Crippen molar-refractivity contribution in [3.05, 3.63) is 53.3 Å². The number of amides is 1. The molecule has 1 N–H and O–H groups in total. The number of fused-ring (bicyclic) bond motifs is 1. The number of sulfonamides is 1. The van der Waals surface area contributed by atoms with Gasteiger partial charge in [0.25, 0.3) is 10.0 Å². The predicted molar refractivity (Wildman–Crippen MR) is 102 cm³/mol. The molecule has 1 saturated carbocycles. The molecule has 0 bridgehead atoms. The third kappa shape index (κ3) is 3.69. The van der Waals surface area contributed by atoms with Gasteiger partial charge in [-0.3, -0.25) is 9.52 Å². The SMILES string of the molecule is COc1ccc(F)cc1S(=O)(=O)Nc1ccc2c(c1)CN(C(=O)C1CC1)CC2. The van der Waals surface area contributed by atoms with Gasteiger partial charge in [0.15, 0.2) is 0 Å². The molecule has 0 saturated heterocycles. The molecule has 0 spiro atoms. The Balaban J connectivity index is 1.58. The van der Waals surface area contributed by atoms with E-state index in [4.69, 9.17) is 4.74 Å². The fourth-order valence-electron chi connectivity index (χ4n) is 3.47. The lowest BCUT2D eigenvalue weighted by Crippen LogP contribution is -2.36. The second-order valence-electron chi connectivity index (χ2n) is 7.17. The number of rotatable bonds is 5. The van der Waals surface area contributed by atoms with E-state index in [1.807, 2.05) is 11.0 Å². The maximum absolute atomic E-state index is 13.6. The summed E-state index contributed by atoms with van der Waals surface area (Å²) in [5, 5.41) is 0. The quantitative estimate of drug-likeness (QED) is 0.831. The van der Waals surface area contributed by atoms with Crippen LogP contribution in [0.3, 0.4) is 0 Å². The van der Waals surface area contributed by atoms with Gasteiger partial charge in [0.2, 0.25) is 5.91 Å². The van der Waals surface area contributed by atoms with Crippen LogP contribution in [0.15, 0.2) is 41.3 Å². The number of anilines is 1. The first-order chi connectivity index (χ1) is 13.4. The van der Waals surface area contributed by atoms with Crippen molar-refractivity contribution < 1.29 is 22.3 Å². The van der Waals surface area contributed by atoms with Crippen LogP contribution in [-0.4, -0.2) is 32.9 Å². The molecule has 2 aromatic carbocycles. The first-order valence-corrected chi connectivity index (χ1v) is 10.6. The highest BCUT2D eigenvalue weighted by atomic mass is 32.2. The first-order valence-electron chi connectivity index (χ1n) is 9.14. The molecule has 0 unspecified atom stereocenters. The predicted octanol–water partition coefficient (Wildman–Crippen LogP) is 2.93. The second kappa shape index (κ2) is 7.09. The highest BCUT2D eigenvalue weighted by Crippen LogP contribution is 2.33. The third-order valence-electron chi connectivity index (χ3n) is 5.12. The highest BCUT2D eigenvalue weighted by molar-refractivity contribution is 7.92. The molecule has 8 heteroatoms. The lowest BCUT2D eigenvalue weighted by atomic mass is 9.99. The van der Waals surface area contributed by atoms with Gasteiger partial charge in [-0.15, -0.1) is 0 Å². The summed E-state index contributed by atoms with van der Waals surface area (Å²) < 4.78 is 46.6. The van der Waals surface area contributed by atoms with Gasteiger partial charge in [-0.1, -0.05) is 6.07 Å². The lowest BCUT2D eigenvalue weighted by molar-refractivity contribution is -0.133. The highest BCUT2D eigenvalue weighted by Gasteiger charge is 2.34. The number of carbonyl (C=O) groups is 1. The van der Waals surface area contributed by atoms with Gasteiger partial charge < -0.3 is 9.64 Å². The number of hydrogen-bond donors (Lipinski definition) is 1. The van der Waals surface area contributed by atoms with Gasteiger partial charge in [-0.2, -0.15) is 0 Å². The zero-order valence-corrected chi connectivity index (χ0v) is 16.3. The van der Waals surface area contributed by atoms with E-state index in [9.17, 15) is 17.6 Å². The molecule has 0 aromatic heterocycles. The molecular weight excluding hydrogens is 383 g/mol. The molecule has 1 amide bonds. The average molecular weight is 404 g/mol. The molecule has 1 aliphatic carbocycles. The van der Waals surface area contributed by atoms with Crippen molar-refractivity contribution in [1.82, 2.24) is 4.90 Å². The third-order valence-corrected chi connectivity index (χ3v) is 6.53. The van der Waals surface area contributed by atoms with Crippen molar-refractivity contribution in [3.63, 3.8) is 0 Å². The van der Waals surface area contributed by atoms with Gasteiger partial charge in [0.05, 0.1) is 7.11 Å². The Bertz CT molecular complexity index is 1030. The molecule has 2 aromatic rings. The van der Waals surface area contributed by atoms with E-state index in [2.05, 4.69) is 4.72 Å². The molecule has 1 heterocycles. The number of nitrogens with zero attached hydrogens (tertiary/aromatic N) is 1. The van der Waals surface area contributed by atoms with Crippen LogP contribution in [0.25, 0.3) is 0 Å². The molecule has 148 valence electrons. The smallest absolute Gasteiger partial charge is 0.265 e. The standard InChI is InChI=1S/C20H21FN2O4S/c1-27-18-7-5-16(21)11-19(18)28(25,26)22-17-6-4-13-8-9-23(12-15(13)10-17)20(24)14-2-3-14/h4-7,10-11,14,22H,2-3,8-9,12H2,1H3. The van der Waals surface area contributed by atoms with Crippen LogP contribution in [-0.2, 0) is 27.8 Å². The Hall–Kier alpha value is -2.61. The van der Waals surface area contributed by atoms with Crippen LogP contribution in [0.2, 0.25) is 0 Å². The molecule has 1 fully saturated rings. The summed E-state index contributed by atoms with van der Waals surface area (Å²) in [6.07, 6.45) is 2.66. The zero-order chi connectivity index (χ0) is 19.9. The minimum Gasteiger partial charge on any atom is -0.495 e. The Morgan fingerprint density at radius 2 is 1.96 bits per heavy atom. The molecule has 28 heavy (non-hydrogen) atoms. The summed E-state index contributed by atoms with van der Waals surface area (Å²) in [4.78, 5) is 13.9. The molecule has 0 atom stereocenters. The topological polar surface area (TPSA) is 75.7 Å². The van der Waals surface area contributed by atoms with Crippen LogP contribution < -0.4 is 9.46 Å². The van der Waals surface area contributed by atoms with Crippen molar-refractivity contribution in [2.75, 3.05) is 18.4 Å². The van der Waals surface area contributed by atoms with Crippen molar-refractivity contribution in [1.29, 1.82) is 0 Å². The number of ether oxygens (including phenoxy) is 1. The lowest BCUT2D eigenvalue weighted by Gasteiger charge is -2.29. The van der Waals surface area contributed by atoms with Crippen LogP contribution in [0.5, 0.6) is 5.75 Å². The largest absolute Gasteiger partial charge is 0.495 e. The molecule has 0 radical (unpaired) electrons. The average Bonchev–Trinajstić information content (AvgIpc) is 3.52. The van der Waals surface area contributed by atoms with Gasteiger partial charge in [0, 0.05) is 24.7 Å². The molecule has 1 aliphatic heterocycles. The number of carbonyl (C=O) groups excluding carboxylic acids is 1. The molecular formula is C20H21FN2O4S. The number of hydrogen-bond acceptors (Lipinski definition) is 4. The maximum Gasteiger partial charge on any atom is 0.265 e. The Morgan fingerprint density at radius 1 is 1.18 bits per heavy atom. The van der Waals surface area contributed by atoms with Gasteiger partial charge >= 0.3 is 0 Å². The van der Waals surface area contributed by atoms with Crippen molar-refractivity contribution in [2.45, 2.75) is 30.7 Å². The van der Waals surface area contributed by atoms with Gasteiger partial charge in [0.1, 0.15) is 16.5 Å². The van der Waals surface area contributed by atoms with Crippen LogP contribution in [0.1, 0.15) is 24.0 Å². The molecule has 6 nitrogen and oxygen atoms in total. The number of benzene rings is 2. The zero-order valence-electron chi connectivity index (χ0n) is 15.4. The summed E-state index contributed by atoms with van der Waals surface area (Å²) in [6.45, 7) is 1.16. The van der Waals surface area contributed by atoms with E-state index < -0.39 is 15.8 Å². The maximum atomic E-state index is 13.6. The van der Waals surface area contributed by atoms with Crippen molar-refractivity contribution >= 4 is 21.6 Å². The van der Waals surface area contributed by atoms with E-state index >= 15 is 0 Å². The fraction of sp³-hybridized carbons (Fsp3) is 0.350. The van der Waals surface area contributed by atoms with E-state index in [0.717, 1.165) is 42.5 Å². The number of halogens is 1. The van der Waals surface area contributed by atoms with Crippen LogP contribution in [0.4, 0.5) is 10.1 Å². The van der Waals surface area contributed by atoms with Gasteiger partial charge in [-0.25, -0.2) is 12.8 Å². The second-order valence-corrected chi connectivity index (χ2v) is 8.82. The van der Waals surface area contributed by atoms with E-state index in [0.29, 0.717) is 18.8 Å². The number of nitrogens with one attached hydrogen (secondary N) is 1. The first kappa shape index (κ1) is 18.7. The van der Waals surface area contributed by atoms with E-state index in [1.54, 1.807) is 12.1 Å². The Labute approximate surface area is 163 Å². The molecule has 2 aliphatic rings. The van der Waals surface area contributed by atoms with Crippen LogP contribution >= 0.6 is 0 Å². The Kier molecular flexibility index (Phi) is 4.74. The summed E-state index contributed by atoms with van der Waals surface area (Å²) in [6, 6.07) is 8.64. The normalized spacial score (nSPS) is 16.4. The minimum atomic E-state index is -4.03. The summed E-state index contributed by atoms with van der Waals surface area (Å²) in [5.74, 6) is -0.265.